The first-order chi connectivity index (χ1) is 11.6. The number of fused-ring (bicyclic) bond motifs is 2. The lowest BCUT2D eigenvalue weighted by molar-refractivity contribution is -0.178. The van der Waals surface area contributed by atoms with E-state index in [-0.39, 0.29) is 23.4 Å². The summed E-state index contributed by atoms with van der Waals surface area (Å²) in [5, 5.41) is 11.3. The van der Waals surface area contributed by atoms with Gasteiger partial charge in [0.15, 0.2) is 0 Å². The second-order valence-electron chi connectivity index (χ2n) is 9.80. The number of hydrogen-bond donors (Lipinski definition) is 1. The van der Waals surface area contributed by atoms with Crippen LogP contribution in [0, 0.1) is 35.0 Å². The van der Waals surface area contributed by atoms with Crippen LogP contribution in [-0.2, 0) is 9.53 Å². The van der Waals surface area contributed by atoms with Gasteiger partial charge < -0.3 is 9.84 Å². The van der Waals surface area contributed by atoms with E-state index in [9.17, 15) is 9.90 Å². The fourth-order valence-electron chi connectivity index (χ4n) is 6.81. The van der Waals surface area contributed by atoms with Gasteiger partial charge >= 0.3 is 5.97 Å². The largest absolute Gasteiger partial charge is 0.462 e. The Morgan fingerprint density at radius 2 is 1.88 bits per heavy atom. The summed E-state index contributed by atoms with van der Waals surface area (Å²) in [4.78, 5) is 11.7. The van der Waals surface area contributed by atoms with Gasteiger partial charge in [-0.05, 0) is 69.1 Å². The van der Waals surface area contributed by atoms with Gasteiger partial charge in [-0.3, -0.25) is 4.79 Å². The highest BCUT2D eigenvalue weighted by molar-refractivity contribution is 5.66. The van der Waals surface area contributed by atoms with Crippen LogP contribution in [0.4, 0.5) is 0 Å². The Balaban J connectivity index is 1.99. The normalized spacial score (nSPS) is 47.2. The molecule has 3 aliphatic rings. The quantitative estimate of drug-likeness (QED) is 0.579. The lowest BCUT2D eigenvalue weighted by Crippen LogP contribution is -2.56. The van der Waals surface area contributed by atoms with Gasteiger partial charge in [-0.2, -0.15) is 0 Å². The number of rotatable bonds is 2. The van der Waals surface area contributed by atoms with Crippen LogP contribution in [-0.4, -0.2) is 22.8 Å². The maximum atomic E-state index is 11.7. The fourth-order valence-corrected chi connectivity index (χ4v) is 6.81. The summed E-state index contributed by atoms with van der Waals surface area (Å²) in [7, 11) is 0. The molecule has 7 atom stereocenters. The highest BCUT2D eigenvalue weighted by Crippen LogP contribution is 2.61. The van der Waals surface area contributed by atoms with Crippen molar-refractivity contribution in [3.8, 4) is 0 Å². The van der Waals surface area contributed by atoms with Crippen LogP contribution in [0.25, 0.3) is 0 Å². The van der Waals surface area contributed by atoms with Crippen LogP contribution in [0.1, 0.15) is 73.1 Å². The third-order valence-electron chi connectivity index (χ3n) is 7.84. The predicted octanol–water partition coefficient (Wildman–Crippen LogP) is 4.73. The van der Waals surface area contributed by atoms with Crippen molar-refractivity contribution >= 4 is 5.97 Å². The Morgan fingerprint density at radius 1 is 1.20 bits per heavy atom. The third kappa shape index (κ3) is 3.07. The first-order valence-electron chi connectivity index (χ1n) is 10.2. The average Bonchev–Trinajstić information content (AvgIpc) is 2.87. The molecule has 3 aliphatic carbocycles. The smallest absolute Gasteiger partial charge is 0.302 e. The molecule has 0 aromatic carbocycles. The maximum absolute atomic E-state index is 11.7. The Bertz CT molecular complexity index is 549. The van der Waals surface area contributed by atoms with Gasteiger partial charge in [0.05, 0.1) is 5.60 Å². The third-order valence-corrected chi connectivity index (χ3v) is 7.84. The minimum atomic E-state index is -0.757. The maximum Gasteiger partial charge on any atom is 0.302 e. The highest BCUT2D eigenvalue weighted by atomic mass is 16.5. The molecule has 3 rings (SSSR count). The van der Waals surface area contributed by atoms with E-state index in [1.54, 1.807) is 0 Å². The van der Waals surface area contributed by atoms with Crippen LogP contribution in [0.15, 0.2) is 12.2 Å². The second kappa shape index (κ2) is 6.40. The number of esters is 1. The summed E-state index contributed by atoms with van der Waals surface area (Å²) < 4.78 is 5.77. The van der Waals surface area contributed by atoms with Crippen molar-refractivity contribution in [1.29, 1.82) is 0 Å². The Labute approximate surface area is 153 Å². The van der Waals surface area contributed by atoms with E-state index < -0.39 is 5.60 Å². The molecule has 0 amide bonds. The molecule has 0 spiro atoms. The van der Waals surface area contributed by atoms with E-state index in [1.807, 2.05) is 6.92 Å². The van der Waals surface area contributed by atoms with E-state index >= 15 is 0 Å². The first-order valence-corrected chi connectivity index (χ1v) is 10.2. The second-order valence-corrected chi connectivity index (χ2v) is 9.80. The van der Waals surface area contributed by atoms with Crippen molar-refractivity contribution < 1.29 is 14.6 Å². The van der Waals surface area contributed by atoms with Gasteiger partial charge in [-0.1, -0.05) is 32.9 Å². The average molecular weight is 349 g/mol. The molecule has 0 radical (unpaired) electrons. The van der Waals surface area contributed by atoms with E-state index in [4.69, 9.17) is 4.74 Å². The molecular formula is C22H36O3. The van der Waals surface area contributed by atoms with Crippen LogP contribution < -0.4 is 0 Å². The van der Waals surface area contributed by atoms with Crippen LogP contribution in [0.2, 0.25) is 0 Å². The Morgan fingerprint density at radius 3 is 2.48 bits per heavy atom. The minimum Gasteiger partial charge on any atom is -0.462 e. The van der Waals surface area contributed by atoms with Crippen molar-refractivity contribution in [1.82, 2.24) is 0 Å². The van der Waals surface area contributed by atoms with E-state index in [2.05, 4.69) is 27.4 Å². The standard InChI is InChI=1S/C22H36O3/c1-13(2)16-7-8-17-14(3)20-21(5,11-9-18(16)17)19(25-15(4)23)10-12-22(20,6)24/h13,16-20,24H,3,7-12H2,1-2,4-6H3/t16-,17+,18+,19-,20-,21+,22+/m0/s1. The van der Waals surface area contributed by atoms with Gasteiger partial charge in [0.1, 0.15) is 6.10 Å². The molecule has 0 unspecified atom stereocenters. The Hall–Kier alpha value is -0.830. The first kappa shape index (κ1) is 18.9. The number of carbonyl (C=O) groups is 1. The van der Waals surface area contributed by atoms with E-state index in [0.29, 0.717) is 24.2 Å². The van der Waals surface area contributed by atoms with Crippen molar-refractivity contribution in [2.75, 3.05) is 0 Å². The molecule has 142 valence electrons. The monoisotopic (exact) mass is 348 g/mol. The summed E-state index contributed by atoms with van der Waals surface area (Å²) in [6.07, 6.45) is 5.97. The van der Waals surface area contributed by atoms with Crippen LogP contribution >= 0.6 is 0 Å². The topological polar surface area (TPSA) is 46.5 Å². The zero-order valence-electron chi connectivity index (χ0n) is 16.7. The number of aliphatic hydroxyl groups is 1. The summed E-state index contributed by atoms with van der Waals surface area (Å²) in [6, 6.07) is 0. The molecule has 3 heteroatoms. The zero-order valence-corrected chi connectivity index (χ0v) is 16.7. The van der Waals surface area contributed by atoms with Gasteiger partial charge in [0, 0.05) is 18.3 Å². The SMILES string of the molecule is C=C1[C@H]2CC[C@@H](C(C)C)[C@H]2CC[C@]2(C)[C@@H](OC(C)=O)CC[C@@](C)(O)[C@@H]12. The van der Waals surface area contributed by atoms with Gasteiger partial charge in [-0.25, -0.2) is 0 Å². The molecule has 0 aromatic rings. The molecule has 0 aliphatic heterocycles. The molecule has 3 nitrogen and oxygen atoms in total. The Kier molecular flexibility index (Phi) is 4.85. The summed E-state index contributed by atoms with van der Waals surface area (Å²) in [5.74, 6) is 2.44. The van der Waals surface area contributed by atoms with Crippen molar-refractivity contribution in [3.05, 3.63) is 12.2 Å². The molecule has 3 fully saturated rings. The van der Waals surface area contributed by atoms with E-state index in [1.165, 1.54) is 25.3 Å². The van der Waals surface area contributed by atoms with Crippen molar-refractivity contribution in [3.63, 3.8) is 0 Å². The molecule has 0 saturated heterocycles. The molecular weight excluding hydrogens is 312 g/mol. The molecule has 25 heavy (non-hydrogen) atoms. The fraction of sp³-hybridized carbons (Fsp3) is 0.864. The van der Waals surface area contributed by atoms with Gasteiger partial charge in [-0.15, -0.1) is 0 Å². The molecule has 0 aromatic heterocycles. The summed E-state index contributed by atoms with van der Waals surface area (Å²) in [6.45, 7) is 14.9. The van der Waals surface area contributed by atoms with Crippen LogP contribution in [0.3, 0.4) is 0 Å². The number of hydrogen-bond acceptors (Lipinski definition) is 3. The van der Waals surface area contributed by atoms with Gasteiger partial charge in [0.2, 0.25) is 0 Å². The molecule has 3 saturated carbocycles. The lowest BCUT2D eigenvalue weighted by atomic mass is 9.55. The number of ether oxygens (including phenoxy) is 1. The van der Waals surface area contributed by atoms with Gasteiger partial charge in [0.25, 0.3) is 0 Å². The highest BCUT2D eigenvalue weighted by Gasteiger charge is 2.59. The molecule has 1 N–H and O–H groups in total. The van der Waals surface area contributed by atoms with Crippen LogP contribution in [0.5, 0.6) is 0 Å². The minimum absolute atomic E-state index is 0.0130. The predicted molar refractivity (Wildman–Crippen MR) is 99.9 cm³/mol. The van der Waals surface area contributed by atoms with E-state index in [0.717, 1.165) is 25.2 Å². The lowest BCUT2D eigenvalue weighted by Gasteiger charge is -2.53. The number of carbonyl (C=O) groups excluding carboxylic acids is 1. The summed E-state index contributed by atoms with van der Waals surface area (Å²) >= 11 is 0. The molecule has 0 bridgehead atoms. The van der Waals surface area contributed by atoms with Crippen molar-refractivity contribution in [2.24, 2.45) is 35.0 Å². The zero-order chi connectivity index (χ0) is 18.6. The van der Waals surface area contributed by atoms with Crippen molar-refractivity contribution in [2.45, 2.75) is 84.8 Å². The molecule has 0 heterocycles. The summed E-state index contributed by atoms with van der Waals surface area (Å²) in [5.41, 5.74) is 0.263.